The fraction of sp³-hybridized carbons (Fsp3) is 0.417. The molecule has 0 aliphatic rings. The first kappa shape index (κ1) is 12.9. The molecule has 0 aliphatic carbocycles. The van der Waals surface area contributed by atoms with Gasteiger partial charge in [0.25, 0.3) is 0 Å². The lowest BCUT2D eigenvalue weighted by Gasteiger charge is -2.05. The van der Waals surface area contributed by atoms with Crippen LogP contribution in [0.1, 0.15) is 12.5 Å². The first-order valence-corrected chi connectivity index (χ1v) is 6.12. The van der Waals surface area contributed by atoms with E-state index >= 15 is 0 Å². The number of amides is 1. The Hall–Kier alpha value is -1.13. The maximum Gasteiger partial charge on any atom is 0.224 e. The van der Waals surface area contributed by atoms with Gasteiger partial charge in [-0.05, 0) is 29.3 Å². The Kier molecular flexibility index (Phi) is 5.82. The maximum atomic E-state index is 11.4. The number of hydrogen-bond acceptors (Lipinski definition) is 3. The smallest absolute Gasteiger partial charge is 0.224 e. The highest BCUT2D eigenvalue weighted by atomic mass is 32.1. The second kappa shape index (κ2) is 7.19. The Labute approximate surface area is 100 Å². The molecule has 1 amide bonds. The molecule has 0 atom stereocenters. The summed E-state index contributed by atoms with van der Waals surface area (Å²) < 4.78 is 5.27. The van der Waals surface area contributed by atoms with Crippen molar-refractivity contribution < 1.29 is 9.53 Å². The molecule has 0 saturated heterocycles. The van der Waals surface area contributed by atoms with Gasteiger partial charge in [0, 0.05) is 6.54 Å². The molecular formula is C12H17NO2S. The van der Waals surface area contributed by atoms with Gasteiger partial charge < -0.3 is 10.1 Å². The third kappa shape index (κ3) is 5.68. The fourth-order valence-electron chi connectivity index (χ4n) is 1.15. The Morgan fingerprint density at radius 2 is 2.44 bits per heavy atom. The predicted octanol–water partition coefficient (Wildman–Crippen LogP) is 2.00. The van der Waals surface area contributed by atoms with E-state index in [0.29, 0.717) is 26.2 Å². The normalized spacial score (nSPS) is 10.1. The molecule has 16 heavy (non-hydrogen) atoms. The van der Waals surface area contributed by atoms with Gasteiger partial charge in [-0.25, -0.2) is 0 Å². The lowest BCUT2D eigenvalue weighted by molar-refractivity contribution is -0.120. The van der Waals surface area contributed by atoms with Crippen molar-refractivity contribution in [3.8, 4) is 0 Å². The van der Waals surface area contributed by atoms with Gasteiger partial charge in [0.1, 0.15) is 0 Å². The zero-order valence-electron chi connectivity index (χ0n) is 9.49. The van der Waals surface area contributed by atoms with Gasteiger partial charge in [-0.1, -0.05) is 12.2 Å². The van der Waals surface area contributed by atoms with Crippen molar-refractivity contribution in [1.29, 1.82) is 0 Å². The monoisotopic (exact) mass is 239 g/mol. The number of nitrogens with one attached hydrogen (secondary N) is 1. The zero-order valence-corrected chi connectivity index (χ0v) is 10.3. The summed E-state index contributed by atoms with van der Waals surface area (Å²) in [7, 11) is 0. The van der Waals surface area contributed by atoms with E-state index in [0.717, 1.165) is 11.1 Å². The van der Waals surface area contributed by atoms with Crippen LogP contribution in [0.25, 0.3) is 0 Å². The summed E-state index contributed by atoms with van der Waals surface area (Å²) in [5, 5.41) is 6.76. The van der Waals surface area contributed by atoms with Crippen LogP contribution in [0.5, 0.6) is 0 Å². The minimum atomic E-state index is 0.0392. The van der Waals surface area contributed by atoms with Crippen molar-refractivity contribution in [3.05, 3.63) is 34.5 Å². The molecule has 0 radical (unpaired) electrons. The van der Waals surface area contributed by atoms with Gasteiger partial charge in [0.15, 0.2) is 0 Å². The molecule has 0 saturated carbocycles. The zero-order chi connectivity index (χ0) is 11.8. The van der Waals surface area contributed by atoms with Crippen LogP contribution in [0.4, 0.5) is 0 Å². The molecule has 1 aromatic rings. The quantitative estimate of drug-likeness (QED) is 0.584. The van der Waals surface area contributed by atoms with Crippen LogP contribution in [0.3, 0.4) is 0 Å². The minimum absolute atomic E-state index is 0.0392. The summed E-state index contributed by atoms with van der Waals surface area (Å²) in [6.45, 7) is 7.28. The first-order chi connectivity index (χ1) is 7.68. The van der Waals surface area contributed by atoms with Crippen molar-refractivity contribution in [1.82, 2.24) is 5.32 Å². The summed E-state index contributed by atoms with van der Waals surface area (Å²) in [5.41, 5.74) is 2.05. The number of ether oxygens (including phenoxy) is 1. The van der Waals surface area contributed by atoms with Gasteiger partial charge in [0.05, 0.1) is 19.6 Å². The van der Waals surface area contributed by atoms with Crippen molar-refractivity contribution in [2.45, 2.75) is 13.3 Å². The molecule has 1 aromatic heterocycles. The van der Waals surface area contributed by atoms with E-state index in [-0.39, 0.29) is 5.91 Å². The topological polar surface area (TPSA) is 38.3 Å². The van der Waals surface area contributed by atoms with Crippen LogP contribution < -0.4 is 5.32 Å². The third-order valence-electron chi connectivity index (χ3n) is 1.86. The molecule has 0 aliphatic heterocycles. The number of rotatable bonds is 7. The lowest BCUT2D eigenvalue weighted by atomic mass is 10.2. The largest absolute Gasteiger partial charge is 0.375 e. The first-order valence-electron chi connectivity index (χ1n) is 5.18. The Balaban J connectivity index is 2.05. The van der Waals surface area contributed by atoms with Crippen LogP contribution in [-0.4, -0.2) is 25.7 Å². The average molecular weight is 239 g/mol. The lowest BCUT2D eigenvalue weighted by Crippen LogP contribution is -2.28. The highest BCUT2D eigenvalue weighted by molar-refractivity contribution is 7.07. The van der Waals surface area contributed by atoms with E-state index < -0.39 is 0 Å². The summed E-state index contributed by atoms with van der Waals surface area (Å²) in [4.78, 5) is 11.4. The van der Waals surface area contributed by atoms with E-state index in [1.807, 2.05) is 23.8 Å². The summed E-state index contributed by atoms with van der Waals surface area (Å²) in [6.07, 6.45) is 0.448. The van der Waals surface area contributed by atoms with Gasteiger partial charge in [-0.3, -0.25) is 4.79 Å². The molecule has 3 nitrogen and oxygen atoms in total. The summed E-state index contributed by atoms with van der Waals surface area (Å²) in [5.74, 6) is 0.0392. The molecule has 0 spiro atoms. The van der Waals surface area contributed by atoms with Gasteiger partial charge >= 0.3 is 0 Å². The van der Waals surface area contributed by atoms with Crippen molar-refractivity contribution in [2.75, 3.05) is 19.8 Å². The van der Waals surface area contributed by atoms with E-state index in [2.05, 4.69) is 11.9 Å². The molecule has 4 heteroatoms. The molecule has 0 fully saturated rings. The highest BCUT2D eigenvalue weighted by Gasteiger charge is 2.02. The summed E-state index contributed by atoms with van der Waals surface area (Å²) in [6, 6.07) is 1.96. The van der Waals surface area contributed by atoms with E-state index in [1.165, 1.54) is 0 Å². The van der Waals surface area contributed by atoms with E-state index in [1.54, 1.807) is 11.3 Å². The third-order valence-corrected chi connectivity index (χ3v) is 2.59. The van der Waals surface area contributed by atoms with Crippen LogP contribution in [0.2, 0.25) is 0 Å². The number of carbonyl (C=O) groups excluding carboxylic acids is 1. The number of thiophene rings is 1. The fourth-order valence-corrected chi connectivity index (χ4v) is 1.82. The predicted molar refractivity (Wildman–Crippen MR) is 66.7 cm³/mol. The molecule has 0 bridgehead atoms. The maximum absolute atomic E-state index is 11.4. The van der Waals surface area contributed by atoms with Crippen molar-refractivity contribution in [2.24, 2.45) is 0 Å². The molecule has 0 unspecified atom stereocenters. The molecule has 1 N–H and O–H groups in total. The van der Waals surface area contributed by atoms with Gasteiger partial charge in [0.2, 0.25) is 5.91 Å². The molecular weight excluding hydrogens is 222 g/mol. The van der Waals surface area contributed by atoms with Gasteiger partial charge in [-0.2, -0.15) is 11.3 Å². The number of hydrogen-bond donors (Lipinski definition) is 1. The van der Waals surface area contributed by atoms with Crippen LogP contribution >= 0.6 is 11.3 Å². The van der Waals surface area contributed by atoms with Gasteiger partial charge in [-0.15, -0.1) is 0 Å². The molecule has 1 heterocycles. The van der Waals surface area contributed by atoms with E-state index in [4.69, 9.17) is 4.74 Å². The summed E-state index contributed by atoms with van der Waals surface area (Å²) >= 11 is 1.60. The second-order valence-corrected chi connectivity index (χ2v) is 4.45. The molecule has 88 valence electrons. The molecule has 1 rings (SSSR count). The average Bonchev–Trinajstić information content (AvgIpc) is 2.69. The Bertz CT molecular complexity index is 333. The SMILES string of the molecule is C=C(C)COCCNC(=O)Cc1ccsc1. The molecule has 0 aromatic carbocycles. The van der Waals surface area contributed by atoms with Crippen LogP contribution in [0.15, 0.2) is 29.0 Å². The second-order valence-electron chi connectivity index (χ2n) is 3.67. The Morgan fingerprint density at radius 1 is 1.62 bits per heavy atom. The van der Waals surface area contributed by atoms with Crippen molar-refractivity contribution >= 4 is 17.2 Å². The number of carbonyl (C=O) groups is 1. The Morgan fingerprint density at radius 3 is 3.06 bits per heavy atom. The van der Waals surface area contributed by atoms with Crippen LogP contribution in [-0.2, 0) is 16.0 Å². The highest BCUT2D eigenvalue weighted by Crippen LogP contribution is 2.05. The standard InChI is InChI=1S/C12H17NO2S/c1-10(2)8-15-5-4-13-12(14)7-11-3-6-16-9-11/h3,6,9H,1,4-5,7-8H2,2H3,(H,13,14). The van der Waals surface area contributed by atoms with Crippen LogP contribution in [0, 0.1) is 0 Å². The minimum Gasteiger partial charge on any atom is -0.375 e. The van der Waals surface area contributed by atoms with E-state index in [9.17, 15) is 4.79 Å². The van der Waals surface area contributed by atoms with Crippen molar-refractivity contribution in [3.63, 3.8) is 0 Å².